The molecule has 132 valence electrons. The number of aliphatic carboxylic acids is 2. The average Bonchev–Trinajstić information content (AvgIpc) is 2.47. The van der Waals surface area contributed by atoms with Gasteiger partial charge in [-0.2, -0.15) is 11.8 Å². The molecule has 0 aliphatic heterocycles. The molecule has 0 fully saturated rings. The molecule has 1 atom stereocenters. The second-order valence-electron chi connectivity index (χ2n) is 5.42. The molecule has 0 spiro atoms. The van der Waals surface area contributed by atoms with Crippen LogP contribution in [0.15, 0.2) is 12.1 Å². The number of pyridine rings is 1. The molecule has 3 N–H and O–H groups in total. The van der Waals surface area contributed by atoms with Crippen LogP contribution >= 0.6 is 11.8 Å². The van der Waals surface area contributed by atoms with Crippen molar-refractivity contribution in [2.75, 3.05) is 11.5 Å². The van der Waals surface area contributed by atoms with Gasteiger partial charge in [-0.1, -0.05) is 0 Å². The zero-order valence-electron chi connectivity index (χ0n) is 13.7. The Hall–Kier alpha value is -2.09. The number of thioether (sulfide) groups is 1. The maximum Gasteiger partial charge on any atom is 0.327 e. The first-order valence-corrected chi connectivity index (χ1v) is 8.69. The molecule has 1 unspecified atom stereocenters. The second kappa shape index (κ2) is 9.92. The van der Waals surface area contributed by atoms with E-state index in [-0.39, 0.29) is 12.3 Å². The van der Waals surface area contributed by atoms with Crippen molar-refractivity contribution in [1.82, 2.24) is 10.3 Å². The van der Waals surface area contributed by atoms with Crippen LogP contribution in [-0.2, 0) is 27.2 Å². The third-order valence-corrected chi connectivity index (χ3v) is 4.22. The highest BCUT2D eigenvalue weighted by Crippen LogP contribution is 2.12. The summed E-state index contributed by atoms with van der Waals surface area (Å²) in [7, 11) is 0. The molecule has 0 radical (unpaired) electrons. The fraction of sp³-hybridized carbons (Fsp3) is 0.500. The molecule has 0 aromatic carbocycles. The van der Waals surface area contributed by atoms with Crippen LogP contribution < -0.4 is 5.32 Å². The lowest BCUT2D eigenvalue weighted by molar-refractivity contribution is -0.140. The van der Waals surface area contributed by atoms with Gasteiger partial charge in [-0.15, -0.1) is 0 Å². The van der Waals surface area contributed by atoms with Crippen LogP contribution in [0.5, 0.6) is 0 Å². The van der Waals surface area contributed by atoms with Crippen molar-refractivity contribution in [3.63, 3.8) is 0 Å². The van der Waals surface area contributed by atoms with E-state index in [2.05, 4.69) is 10.3 Å². The lowest BCUT2D eigenvalue weighted by Gasteiger charge is -2.12. The van der Waals surface area contributed by atoms with Gasteiger partial charge >= 0.3 is 11.9 Å². The Morgan fingerprint density at radius 3 is 2.54 bits per heavy atom. The number of carboxylic acids is 2. The molecule has 24 heavy (non-hydrogen) atoms. The van der Waals surface area contributed by atoms with Crippen LogP contribution in [0, 0.1) is 6.92 Å². The van der Waals surface area contributed by atoms with Gasteiger partial charge in [-0.25, -0.2) is 4.79 Å². The Morgan fingerprint density at radius 1 is 1.25 bits per heavy atom. The number of nitrogens with one attached hydrogen (secondary N) is 1. The summed E-state index contributed by atoms with van der Waals surface area (Å²) >= 11 is 1.45. The van der Waals surface area contributed by atoms with Gasteiger partial charge < -0.3 is 15.5 Å². The zero-order chi connectivity index (χ0) is 18.1. The minimum Gasteiger partial charge on any atom is -0.481 e. The molecule has 8 heteroatoms. The molecule has 1 rings (SSSR count). The molecule has 1 aromatic rings. The summed E-state index contributed by atoms with van der Waals surface area (Å²) in [6.45, 7) is 3.15. The fourth-order valence-corrected chi connectivity index (χ4v) is 3.14. The third-order valence-electron chi connectivity index (χ3n) is 3.16. The Balaban J connectivity index is 2.50. The molecule has 1 aromatic heterocycles. The van der Waals surface area contributed by atoms with Crippen LogP contribution in [0.2, 0.25) is 0 Å². The normalized spacial score (nSPS) is 11.8. The molecule has 0 bridgehead atoms. The maximum absolute atomic E-state index is 11.0. The van der Waals surface area contributed by atoms with E-state index in [9.17, 15) is 14.4 Å². The van der Waals surface area contributed by atoms with Gasteiger partial charge in [0.1, 0.15) is 6.04 Å². The van der Waals surface area contributed by atoms with Gasteiger partial charge in [0, 0.05) is 30.5 Å². The van der Waals surface area contributed by atoms with E-state index in [1.807, 2.05) is 19.1 Å². The summed E-state index contributed by atoms with van der Waals surface area (Å²) in [6.07, 6.45) is 1.16. The Kier molecular flexibility index (Phi) is 8.25. The highest BCUT2D eigenvalue weighted by Gasteiger charge is 2.17. The largest absolute Gasteiger partial charge is 0.481 e. The van der Waals surface area contributed by atoms with Crippen molar-refractivity contribution in [2.24, 2.45) is 0 Å². The zero-order valence-corrected chi connectivity index (χ0v) is 14.6. The highest BCUT2D eigenvalue weighted by molar-refractivity contribution is 7.99. The number of rotatable bonds is 10. The molecule has 0 aliphatic carbocycles. The minimum absolute atomic E-state index is 0.0433. The summed E-state index contributed by atoms with van der Waals surface area (Å²) in [4.78, 5) is 37.0. The molecular formula is C16H22N2O5S. The number of aryl methyl sites for hydroxylation is 3. The number of nitrogens with zero attached hydrogens (tertiary/aromatic N) is 1. The maximum atomic E-state index is 11.0. The molecule has 1 heterocycles. The topological polar surface area (TPSA) is 117 Å². The number of amides is 1. The van der Waals surface area contributed by atoms with Crippen LogP contribution in [-0.4, -0.2) is 50.6 Å². The Morgan fingerprint density at radius 2 is 1.96 bits per heavy atom. The van der Waals surface area contributed by atoms with Crippen LogP contribution in [0.3, 0.4) is 0 Å². The first kappa shape index (κ1) is 20.0. The number of carbonyl (C=O) groups excluding carboxylic acids is 1. The van der Waals surface area contributed by atoms with E-state index in [0.717, 1.165) is 23.4 Å². The van der Waals surface area contributed by atoms with Crippen molar-refractivity contribution in [3.05, 3.63) is 29.1 Å². The summed E-state index contributed by atoms with van der Waals surface area (Å²) in [5.41, 5.74) is 2.63. The van der Waals surface area contributed by atoms with Crippen molar-refractivity contribution in [3.8, 4) is 0 Å². The van der Waals surface area contributed by atoms with E-state index in [1.165, 1.54) is 18.7 Å². The summed E-state index contributed by atoms with van der Waals surface area (Å²) < 4.78 is 0. The molecular weight excluding hydrogens is 332 g/mol. The van der Waals surface area contributed by atoms with Crippen molar-refractivity contribution < 1.29 is 24.6 Å². The van der Waals surface area contributed by atoms with E-state index >= 15 is 0 Å². The van der Waals surface area contributed by atoms with Crippen LogP contribution in [0.25, 0.3) is 0 Å². The standard InChI is InChI=1S/C16H22N2O5S/c1-10-7-12(8-13(17-10)3-4-15(20)21)5-6-24-9-14(16(22)23)18-11(2)19/h7-8,14H,3-6,9H2,1-2H3,(H,18,19)(H,20,21)(H,22,23). The lowest BCUT2D eigenvalue weighted by Crippen LogP contribution is -2.41. The van der Waals surface area contributed by atoms with E-state index < -0.39 is 18.0 Å². The number of hydrogen-bond acceptors (Lipinski definition) is 5. The van der Waals surface area contributed by atoms with Gasteiger partial charge in [-0.3, -0.25) is 14.6 Å². The Bertz CT molecular complexity index is 606. The number of aromatic nitrogens is 1. The van der Waals surface area contributed by atoms with Crippen molar-refractivity contribution >= 4 is 29.6 Å². The predicted octanol–water partition coefficient (Wildman–Crippen LogP) is 1.27. The quantitative estimate of drug-likeness (QED) is 0.542. The molecule has 7 nitrogen and oxygen atoms in total. The monoisotopic (exact) mass is 354 g/mol. The third kappa shape index (κ3) is 7.96. The number of carboxylic acid groups (broad SMARTS) is 2. The summed E-state index contributed by atoms with van der Waals surface area (Å²) in [5, 5.41) is 20.2. The van der Waals surface area contributed by atoms with Gasteiger partial charge in [0.2, 0.25) is 5.91 Å². The molecule has 1 amide bonds. The first-order valence-electron chi connectivity index (χ1n) is 7.54. The summed E-state index contributed by atoms with van der Waals surface area (Å²) in [5.74, 6) is -1.27. The van der Waals surface area contributed by atoms with Gasteiger partial charge in [-0.05, 0) is 36.8 Å². The SMILES string of the molecule is CC(=O)NC(CSCCc1cc(C)nc(CCC(=O)O)c1)C(=O)O. The van der Waals surface area contributed by atoms with Gasteiger partial charge in [0.05, 0.1) is 6.42 Å². The van der Waals surface area contributed by atoms with E-state index in [4.69, 9.17) is 10.2 Å². The second-order valence-corrected chi connectivity index (χ2v) is 6.57. The molecule has 0 saturated heterocycles. The van der Waals surface area contributed by atoms with Gasteiger partial charge in [0.25, 0.3) is 0 Å². The molecule has 0 aliphatic rings. The predicted molar refractivity (Wildman–Crippen MR) is 91.2 cm³/mol. The van der Waals surface area contributed by atoms with Crippen LogP contribution in [0.4, 0.5) is 0 Å². The van der Waals surface area contributed by atoms with E-state index in [1.54, 1.807) is 0 Å². The van der Waals surface area contributed by atoms with Crippen molar-refractivity contribution in [1.29, 1.82) is 0 Å². The Labute approximate surface area is 144 Å². The van der Waals surface area contributed by atoms with Crippen LogP contribution in [0.1, 0.15) is 30.3 Å². The first-order chi connectivity index (χ1) is 11.3. The van der Waals surface area contributed by atoms with Gasteiger partial charge in [0.15, 0.2) is 0 Å². The minimum atomic E-state index is -1.05. The smallest absolute Gasteiger partial charge is 0.327 e. The number of hydrogen-bond donors (Lipinski definition) is 3. The lowest BCUT2D eigenvalue weighted by atomic mass is 10.1. The fourth-order valence-electron chi connectivity index (χ4n) is 2.13. The average molecular weight is 354 g/mol. The van der Waals surface area contributed by atoms with E-state index in [0.29, 0.717) is 17.9 Å². The molecule has 0 saturated carbocycles. The highest BCUT2D eigenvalue weighted by atomic mass is 32.2. The number of carbonyl (C=O) groups is 3. The summed E-state index contributed by atoms with van der Waals surface area (Å²) in [6, 6.07) is 2.93. The van der Waals surface area contributed by atoms with Crippen molar-refractivity contribution in [2.45, 2.75) is 39.2 Å².